The zero-order valence-corrected chi connectivity index (χ0v) is 11.0. The van der Waals surface area contributed by atoms with Gasteiger partial charge in [-0.15, -0.1) is 0 Å². The van der Waals surface area contributed by atoms with Crippen LogP contribution in [0.2, 0.25) is 0 Å². The fraction of sp³-hybridized carbons (Fsp3) is 0.357. The molecule has 5 heteroatoms. The van der Waals surface area contributed by atoms with Crippen LogP contribution in [0.25, 0.3) is 0 Å². The number of aryl methyl sites for hydroxylation is 1. The molecule has 0 aliphatic carbocycles. The Balaban J connectivity index is 2.22. The van der Waals surface area contributed by atoms with Crippen molar-refractivity contribution in [3.05, 3.63) is 42.0 Å². The van der Waals surface area contributed by atoms with Gasteiger partial charge in [0.1, 0.15) is 11.6 Å². The number of benzene rings is 1. The fourth-order valence-electron chi connectivity index (χ4n) is 1.81. The normalized spacial score (nSPS) is 12.4. The molecule has 4 nitrogen and oxygen atoms in total. The summed E-state index contributed by atoms with van der Waals surface area (Å²) in [6, 6.07) is 4.09. The molecule has 0 saturated heterocycles. The third-order valence-electron chi connectivity index (χ3n) is 2.71. The van der Waals surface area contributed by atoms with Crippen LogP contribution < -0.4 is 4.74 Å². The Morgan fingerprint density at radius 2 is 2.26 bits per heavy atom. The van der Waals surface area contributed by atoms with Gasteiger partial charge in [0.05, 0.1) is 18.5 Å². The number of nitrogens with zero attached hydrogens (tertiary/aromatic N) is 2. The second kappa shape index (κ2) is 5.84. The lowest BCUT2D eigenvalue weighted by atomic mass is 10.1. The molecule has 0 radical (unpaired) electrons. The fourth-order valence-corrected chi connectivity index (χ4v) is 1.81. The average molecular weight is 264 g/mol. The van der Waals surface area contributed by atoms with Crippen molar-refractivity contribution in [2.45, 2.75) is 32.9 Å². The first kappa shape index (κ1) is 13.5. The van der Waals surface area contributed by atoms with Gasteiger partial charge in [0, 0.05) is 12.1 Å². The predicted molar refractivity (Wildman–Crippen MR) is 69.6 cm³/mol. The molecule has 19 heavy (non-hydrogen) atoms. The van der Waals surface area contributed by atoms with E-state index in [1.54, 1.807) is 24.0 Å². The highest BCUT2D eigenvalue weighted by Crippen LogP contribution is 2.30. The van der Waals surface area contributed by atoms with Gasteiger partial charge in [-0.3, -0.25) is 4.68 Å². The van der Waals surface area contributed by atoms with Crippen molar-refractivity contribution in [3.63, 3.8) is 0 Å². The molecule has 102 valence electrons. The topological polar surface area (TPSA) is 47.3 Å². The number of aliphatic hydroxyl groups is 1. The van der Waals surface area contributed by atoms with Crippen molar-refractivity contribution >= 4 is 0 Å². The lowest BCUT2D eigenvalue weighted by molar-refractivity contribution is 0.195. The molecule has 0 aliphatic rings. The van der Waals surface area contributed by atoms with E-state index < -0.39 is 11.9 Å². The van der Waals surface area contributed by atoms with Crippen LogP contribution >= 0.6 is 0 Å². The smallest absolute Gasteiger partial charge is 0.165 e. The van der Waals surface area contributed by atoms with Crippen molar-refractivity contribution in [3.8, 4) is 11.5 Å². The lowest BCUT2D eigenvalue weighted by Gasteiger charge is -2.11. The molecular weight excluding hydrogens is 247 g/mol. The predicted octanol–water partition coefficient (Wildman–Crippen LogP) is 3.28. The van der Waals surface area contributed by atoms with Crippen LogP contribution in [-0.4, -0.2) is 14.9 Å². The summed E-state index contributed by atoms with van der Waals surface area (Å²) in [6.07, 6.45) is 3.57. The summed E-state index contributed by atoms with van der Waals surface area (Å²) < 4.78 is 20.6. The Labute approximate surface area is 111 Å². The summed E-state index contributed by atoms with van der Waals surface area (Å²) in [5.41, 5.74) is 0.420. The Morgan fingerprint density at radius 3 is 2.95 bits per heavy atom. The maximum Gasteiger partial charge on any atom is 0.165 e. The highest BCUT2D eigenvalue weighted by Gasteiger charge is 2.12. The van der Waals surface area contributed by atoms with Gasteiger partial charge in [0.25, 0.3) is 0 Å². The summed E-state index contributed by atoms with van der Waals surface area (Å²) in [4.78, 5) is 0. The molecule has 2 rings (SSSR count). The average Bonchev–Trinajstić information content (AvgIpc) is 2.79. The number of ether oxygens (including phenoxy) is 1. The van der Waals surface area contributed by atoms with E-state index in [0.717, 1.165) is 13.0 Å². The molecule has 1 unspecified atom stereocenters. The van der Waals surface area contributed by atoms with E-state index in [0.29, 0.717) is 17.1 Å². The van der Waals surface area contributed by atoms with Crippen LogP contribution in [0.5, 0.6) is 11.5 Å². The summed E-state index contributed by atoms with van der Waals surface area (Å²) in [6.45, 7) is 4.45. The maximum atomic E-state index is 13.2. The molecular formula is C14H17FN2O2. The molecule has 0 fully saturated rings. The quantitative estimate of drug-likeness (QED) is 0.901. The molecule has 0 saturated carbocycles. The maximum absolute atomic E-state index is 13.2. The van der Waals surface area contributed by atoms with Gasteiger partial charge >= 0.3 is 0 Å². The van der Waals surface area contributed by atoms with Gasteiger partial charge in [-0.1, -0.05) is 6.92 Å². The molecule has 2 aromatic rings. The minimum Gasteiger partial charge on any atom is -0.454 e. The van der Waals surface area contributed by atoms with Crippen molar-refractivity contribution < 1.29 is 14.2 Å². The van der Waals surface area contributed by atoms with Gasteiger partial charge < -0.3 is 9.84 Å². The molecule has 0 amide bonds. The van der Waals surface area contributed by atoms with Crippen LogP contribution in [0.3, 0.4) is 0 Å². The first-order valence-corrected chi connectivity index (χ1v) is 6.28. The summed E-state index contributed by atoms with van der Waals surface area (Å²) in [5, 5.41) is 13.8. The number of hydrogen-bond acceptors (Lipinski definition) is 3. The van der Waals surface area contributed by atoms with E-state index in [1.807, 2.05) is 0 Å². The molecule has 1 N–H and O–H groups in total. The first-order valence-electron chi connectivity index (χ1n) is 6.28. The minimum atomic E-state index is -0.795. The molecule has 1 atom stereocenters. The number of aliphatic hydroxyl groups excluding tert-OH is 1. The van der Waals surface area contributed by atoms with Crippen LogP contribution in [0.15, 0.2) is 30.6 Å². The van der Waals surface area contributed by atoms with Gasteiger partial charge in [-0.25, -0.2) is 4.39 Å². The number of rotatable bonds is 5. The molecule has 0 aliphatic heterocycles. The summed E-state index contributed by atoms with van der Waals surface area (Å²) in [5.74, 6) is 0.610. The Kier molecular flexibility index (Phi) is 4.16. The van der Waals surface area contributed by atoms with E-state index in [9.17, 15) is 9.50 Å². The van der Waals surface area contributed by atoms with E-state index >= 15 is 0 Å². The van der Waals surface area contributed by atoms with Gasteiger partial charge in [-0.2, -0.15) is 5.10 Å². The van der Waals surface area contributed by atoms with Gasteiger partial charge in [-0.05, 0) is 31.5 Å². The van der Waals surface area contributed by atoms with Gasteiger partial charge in [0.15, 0.2) is 5.75 Å². The second-order valence-electron chi connectivity index (χ2n) is 4.40. The van der Waals surface area contributed by atoms with E-state index in [4.69, 9.17) is 4.74 Å². The number of aromatic nitrogens is 2. The largest absolute Gasteiger partial charge is 0.454 e. The first-order chi connectivity index (χ1) is 9.10. The molecule has 0 spiro atoms. The number of hydrogen-bond donors (Lipinski definition) is 1. The van der Waals surface area contributed by atoms with Crippen molar-refractivity contribution in [1.82, 2.24) is 9.78 Å². The van der Waals surface area contributed by atoms with Gasteiger partial charge in [0.2, 0.25) is 0 Å². The Morgan fingerprint density at radius 1 is 1.47 bits per heavy atom. The molecule has 1 heterocycles. The second-order valence-corrected chi connectivity index (χ2v) is 4.40. The monoisotopic (exact) mass is 264 g/mol. The number of halogens is 1. The standard InChI is InChI=1S/C14H17FN2O2/c1-3-6-17-9-12(8-16-17)19-14-5-4-11(15)7-13(14)10(2)18/h4-5,7-10,18H,3,6H2,1-2H3. The lowest BCUT2D eigenvalue weighted by Crippen LogP contribution is -1.97. The van der Waals surface area contributed by atoms with E-state index in [1.165, 1.54) is 18.2 Å². The summed E-state index contributed by atoms with van der Waals surface area (Å²) >= 11 is 0. The Hall–Kier alpha value is -1.88. The van der Waals surface area contributed by atoms with Crippen LogP contribution in [0, 0.1) is 5.82 Å². The SMILES string of the molecule is CCCn1cc(Oc2ccc(F)cc2C(C)O)cn1. The van der Waals surface area contributed by atoms with E-state index in [2.05, 4.69) is 12.0 Å². The zero-order chi connectivity index (χ0) is 13.8. The van der Waals surface area contributed by atoms with Crippen LogP contribution in [0.1, 0.15) is 31.9 Å². The molecule has 1 aromatic heterocycles. The third-order valence-corrected chi connectivity index (χ3v) is 2.71. The third kappa shape index (κ3) is 3.32. The molecule has 1 aromatic carbocycles. The van der Waals surface area contributed by atoms with Crippen molar-refractivity contribution in [1.29, 1.82) is 0 Å². The highest BCUT2D eigenvalue weighted by atomic mass is 19.1. The van der Waals surface area contributed by atoms with Crippen LogP contribution in [0.4, 0.5) is 4.39 Å². The minimum absolute atomic E-state index is 0.398. The summed E-state index contributed by atoms with van der Waals surface area (Å²) in [7, 11) is 0. The van der Waals surface area contributed by atoms with Crippen LogP contribution in [-0.2, 0) is 6.54 Å². The van der Waals surface area contributed by atoms with Crippen molar-refractivity contribution in [2.75, 3.05) is 0 Å². The van der Waals surface area contributed by atoms with Crippen molar-refractivity contribution in [2.24, 2.45) is 0 Å². The highest BCUT2D eigenvalue weighted by molar-refractivity contribution is 5.38. The zero-order valence-electron chi connectivity index (χ0n) is 11.0. The van der Waals surface area contributed by atoms with E-state index in [-0.39, 0.29) is 0 Å². The molecule has 0 bridgehead atoms. The Bertz CT molecular complexity index is 552.